The highest BCUT2D eigenvalue weighted by Crippen LogP contribution is 2.40. The number of carbonyl (C=O) groups is 2. The Morgan fingerprint density at radius 3 is 2.62 bits per heavy atom. The first kappa shape index (κ1) is 14.1. The van der Waals surface area contributed by atoms with Crippen LogP contribution in [0.1, 0.15) is 12.5 Å². The van der Waals surface area contributed by atoms with Crippen molar-refractivity contribution >= 4 is 11.9 Å². The molecule has 5 heteroatoms. The molecule has 1 atom stereocenters. The van der Waals surface area contributed by atoms with E-state index in [-0.39, 0.29) is 23.2 Å². The summed E-state index contributed by atoms with van der Waals surface area (Å²) in [6, 6.07) is 9.65. The predicted octanol–water partition coefficient (Wildman–Crippen LogP) is 0.798. The second kappa shape index (κ2) is 5.48. The van der Waals surface area contributed by atoms with Gasteiger partial charge in [-0.15, -0.1) is 0 Å². The number of hydrogen-bond acceptors (Lipinski definition) is 4. The number of benzene rings is 1. The summed E-state index contributed by atoms with van der Waals surface area (Å²) in [5, 5.41) is 3.22. The summed E-state index contributed by atoms with van der Waals surface area (Å²) >= 11 is 0. The van der Waals surface area contributed by atoms with Gasteiger partial charge in [-0.25, -0.2) is 0 Å². The van der Waals surface area contributed by atoms with E-state index in [1.54, 1.807) is 11.8 Å². The fourth-order valence-corrected chi connectivity index (χ4v) is 3.17. The number of esters is 1. The number of likely N-dealkylation sites (tertiary alicyclic amines) is 1. The minimum Gasteiger partial charge on any atom is -0.461 e. The summed E-state index contributed by atoms with van der Waals surface area (Å²) in [5.41, 5.74) is 0.854. The van der Waals surface area contributed by atoms with E-state index in [2.05, 4.69) is 5.32 Å². The van der Waals surface area contributed by atoms with Gasteiger partial charge in [0.15, 0.2) is 0 Å². The van der Waals surface area contributed by atoms with Gasteiger partial charge in [0.2, 0.25) is 5.91 Å². The summed E-state index contributed by atoms with van der Waals surface area (Å²) in [7, 11) is 0. The van der Waals surface area contributed by atoms with Gasteiger partial charge in [-0.05, 0) is 5.56 Å². The van der Waals surface area contributed by atoms with Gasteiger partial charge in [0, 0.05) is 38.5 Å². The van der Waals surface area contributed by atoms with Crippen LogP contribution in [0.2, 0.25) is 0 Å². The fraction of sp³-hybridized carbons (Fsp3) is 0.500. The average Bonchev–Trinajstić information content (AvgIpc) is 2.87. The molecule has 0 saturated carbocycles. The molecule has 112 valence electrons. The highest BCUT2D eigenvalue weighted by molar-refractivity contribution is 5.79. The molecule has 1 aromatic rings. The Balaban J connectivity index is 1.64. The fourth-order valence-electron chi connectivity index (χ4n) is 3.17. The standard InChI is InChI=1S/C16H20N2O3/c1-12(19)18-7-14(16(11-18)9-17-10-16)15(20)21-8-13-5-3-2-4-6-13/h2-6,14,17H,7-11H2,1H3/t14-/m0/s1. The summed E-state index contributed by atoms with van der Waals surface area (Å²) < 4.78 is 5.47. The van der Waals surface area contributed by atoms with E-state index in [9.17, 15) is 9.59 Å². The number of rotatable bonds is 3. The maximum absolute atomic E-state index is 12.4. The largest absolute Gasteiger partial charge is 0.461 e. The molecule has 5 nitrogen and oxygen atoms in total. The third-order valence-corrected chi connectivity index (χ3v) is 4.56. The molecule has 2 aliphatic rings. The molecule has 2 saturated heterocycles. The number of amides is 1. The molecule has 3 rings (SSSR count). The lowest BCUT2D eigenvalue weighted by Crippen LogP contribution is -2.59. The van der Waals surface area contributed by atoms with Crippen LogP contribution >= 0.6 is 0 Å². The van der Waals surface area contributed by atoms with Crippen LogP contribution in [-0.4, -0.2) is 43.0 Å². The Labute approximate surface area is 124 Å². The zero-order valence-electron chi connectivity index (χ0n) is 12.2. The van der Waals surface area contributed by atoms with Crippen molar-refractivity contribution in [3.8, 4) is 0 Å². The van der Waals surface area contributed by atoms with Gasteiger partial charge in [0.25, 0.3) is 0 Å². The minimum absolute atomic E-state index is 0.0274. The molecule has 2 fully saturated rings. The highest BCUT2D eigenvalue weighted by Gasteiger charge is 2.54. The van der Waals surface area contributed by atoms with E-state index in [1.165, 1.54) is 0 Å². The topological polar surface area (TPSA) is 58.6 Å². The van der Waals surface area contributed by atoms with E-state index in [0.717, 1.165) is 18.7 Å². The predicted molar refractivity (Wildman–Crippen MR) is 77.3 cm³/mol. The van der Waals surface area contributed by atoms with Crippen LogP contribution in [-0.2, 0) is 20.9 Å². The lowest BCUT2D eigenvalue weighted by molar-refractivity contribution is -0.154. The van der Waals surface area contributed by atoms with Gasteiger partial charge in [-0.3, -0.25) is 9.59 Å². The zero-order chi connectivity index (χ0) is 14.9. The first-order valence-electron chi connectivity index (χ1n) is 7.27. The lowest BCUT2D eigenvalue weighted by Gasteiger charge is -2.42. The van der Waals surface area contributed by atoms with Crippen molar-refractivity contribution < 1.29 is 14.3 Å². The smallest absolute Gasteiger partial charge is 0.311 e. The SMILES string of the molecule is CC(=O)N1C[C@@H](C(=O)OCc2ccccc2)C2(CNC2)C1. The second-order valence-corrected chi connectivity index (χ2v) is 6.01. The molecule has 1 aromatic carbocycles. The number of nitrogens with one attached hydrogen (secondary N) is 1. The molecule has 0 aromatic heterocycles. The maximum Gasteiger partial charge on any atom is 0.311 e. The second-order valence-electron chi connectivity index (χ2n) is 6.01. The van der Waals surface area contributed by atoms with Crippen molar-refractivity contribution in [2.45, 2.75) is 13.5 Å². The summed E-state index contributed by atoms with van der Waals surface area (Å²) in [5.74, 6) is -0.380. The molecular weight excluding hydrogens is 268 g/mol. The molecule has 2 heterocycles. The van der Waals surface area contributed by atoms with Gasteiger partial charge >= 0.3 is 5.97 Å². The van der Waals surface area contributed by atoms with E-state index < -0.39 is 0 Å². The molecule has 0 radical (unpaired) electrons. The van der Waals surface area contributed by atoms with Gasteiger partial charge in [0.05, 0.1) is 5.92 Å². The third kappa shape index (κ3) is 2.65. The molecule has 0 unspecified atom stereocenters. The summed E-state index contributed by atoms with van der Waals surface area (Å²) in [4.78, 5) is 25.7. The summed E-state index contributed by atoms with van der Waals surface area (Å²) in [6.45, 7) is 4.53. The molecule has 1 spiro atoms. The van der Waals surface area contributed by atoms with Gasteiger partial charge in [0.1, 0.15) is 6.61 Å². The van der Waals surface area contributed by atoms with Crippen molar-refractivity contribution in [2.24, 2.45) is 11.3 Å². The van der Waals surface area contributed by atoms with E-state index >= 15 is 0 Å². The van der Waals surface area contributed by atoms with Crippen LogP contribution < -0.4 is 5.32 Å². The van der Waals surface area contributed by atoms with Crippen molar-refractivity contribution in [1.82, 2.24) is 10.2 Å². The van der Waals surface area contributed by atoms with Gasteiger partial charge in [-0.2, -0.15) is 0 Å². The molecule has 21 heavy (non-hydrogen) atoms. The molecule has 0 bridgehead atoms. The zero-order valence-corrected chi connectivity index (χ0v) is 12.2. The lowest BCUT2D eigenvalue weighted by atomic mass is 9.73. The quantitative estimate of drug-likeness (QED) is 0.836. The molecule has 0 aliphatic carbocycles. The molecule has 1 amide bonds. The van der Waals surface area contributed by atoms with Gasteiger partial charge < -0.3 is 15.0 Å². The maximum atomic E-state index is 12.4. The first-order valence-corrected chi connectivity index (χ1v) is 7.27. The monoisotopic (exact) mass is 288 g/mol. The normalized spacial score (nSPS) is 22.9. The average molecular weight is 288 g/mol. The van der Waals surface area contributed by atoms with Crippen molar-refractivity contribution in [3.05, 3.63) is 35.9 Å². The van der Waals surface area contributed by atoms with Gasteiger partial charge in [-0.1, -0.05) is 30.3 Å². The van der Waals surface area contributed by atoms with Crippen LogP contribution in [0.5, 0.6) is 0 Å². The van der Waals surface area contributed by atoms with E-state index in [4.69, 9.17) is 4.74 Å². The van der Waals surface area contributed by atoms with Crippen molar-refractivity contribution in [2.75, 3.05) is 26.2 Å². The molecule has 1 N–H and O–H groups in total. The number of ether oxygens (including phenoxy) is 1. The van der Waals surface area contributed by atoms with E-state index in [1.807, 2.05) is 30.3 Å². The Hall–Kier alpha value is -1.88. The third-order valence-electron chi connectivity index (χ3n) is 4.56. The van der Waals surface area contributed by atoms with Crippen LogP contribution in [0, 0.1) is 11.3 Å². The highest BCUT2D eigenvalue weighted by atomic mass is 16.5. The molecular formula is C16H20N2O3. The number of hydrogen-bond donors (Lipinski definition) is 1. The van der Waals surface area contributed by atoms with Crippen LogP contribution in [0.4, 0.5) is 0 Å². The van der Waals surface area contributed by atoms with Crippen molar-refractivity contribution in [3.63, 3.8) is 0 Å². The van der Waals surface area contributed by atoms with Crippen LogP contribution in [0.25, 0.3) is 0 Å². The van der Waals surface area contributed by atoms with Crippen LogP contribution in [0.15, 0.2) is 30.3 Å². The van der Waals surface area contributed by atoms with E-state index in [0.29, 0.717) is 19.7 Å². The minimum atomic E-state index is -0.216. The Bertz CT molecular complexity index is 540. The Morgan fingerprint density at radius 2 is 2.05 bits per heavy atom. The van der Waals surface area contributed by atoms with Crippen LogP contribution in [0.3, 0.4) is 0 Å². The number of carbonyl (C=O) groups excluding carboxylic acids is 2. The number of nitrogens with zero attached hydrogens (tertiary/aromatic N) is 1. The van der Waals surface area contributed by atoms with Crippen molar-refractivity contribution in [1.29, 1.82) is 0 Å². The Morgan fingerprint density at radius 1 is 1.33 bits per heavy atom. The Kier molecular flexibility index (Phi) is 3.68. The first-order chi connectivity index (χ1) is 10.1. The molecule has 2 aliphatic heterocycles. The summed E-state index contributed by atoms with van der Waals surface area (Å²) in [6.07, 6.45) is 0.